The van der Waals surface area contributed by atoms with Gasteiger partial charge >= 0.3 is 5.97 Å². The number of carbonyl (C=O) groups excluding carboxylic acids is 1. The van der Waals surface area contributed by atoms with Crippen LogP contribution in [0.25, 0.3) is 6.08 Å². The molecular formula is C16H22O2. The normalized spacial score (nSPS) is 11.5. The minimum atomic E-state index is -0.320. The van der Waals surface area contributed by atoms with Gasteiger partial charge in [-0.15, -0.1) is 0 Å². The van der Waals surface area contributed by atoms with Crippen LogP contribution in [0, 0.1) is 0 Å². The lowest BCUT2D eigenvalue weighted by Gasteiger charge is -2.18. The third-order valence-electron chi connectivity index (χ3n) is 2.97. The van der Waals surface area contributed by atoms with Crippen molar-refractivity contribution < 1.29 is 9.53 Å². The third kappa shape index (κ3) is 3.46. The number of ether oxygens (including phenoxy) is 1. The van der Waals surface area contributed by atoms with E-state index in [9.17, 15) is 4.79 Å². The van der Waals surface area contributed by atoms with Crippen LogP contribution in [0.3, 0.4) is 0 Å². The minimum Gasteiger partial charge on any atom is -0.466 e. The highest BCUT2D eigenvalue weighted by atomic mass is 16.5. The van der Waals surface area contributed by atoms with Gasteiger partial charge in [0.2, 0.25) is 0 Å². The first-order valence-electron chi connectivity index (χ1n) is 6.36. The Kier molecular flexibility index (Phi) is 5.14. The number of carbonyl (C=O) groups is 1. The van der Waals surface area contributed by atoms with Crippen LogP contribution in [0.1, 0.15) is 56.2 Å². The van der Waals surface area contributed by atoms with Crippen LogP contribution in [0.15, 0.2) is 24.3 Å². The molecule has 1 rings (SSSR count). The fraction of sp³-hybridized carbons (Fsp3) is 0.438. The summed E-state index contributed by atoms with van der Waals surface area (Å²) in [5, 5.41) is 0. The first-order chi connectivity index (χ1) is 8.47. The predicted molar refractivity (Wildman–Crippen MR) is 75.7 cm³/mol. The van der Waals surface area contributed by atoms with E-state index in [0.717, 1.165) is 5.56 Å². The quantitative estimate of drug-likeness (QED) is 0.590. The van der Waals surface area contributed by atoms with Crippen molar-refractivity contribution in [2.24, 2.45) is 0 Å². The van der Waals surface area contributed by atoms with Gasteiger partial charge in [0.1, 0.15) is 0 Å². The summed E-state index contributed by atoms with van der Waals surface area (Å²) >= 11 is 0. The van der Waals surface area contributed by atoms with E-state index in [1.807, 2.05) is 18.2 Å². The highest BCUT2D eigenvalue weighted by molar-refractivity contribution is 5.87. The molecule has 0 saturated heterocycles. The molecule has 0 aliphatic heterocycles. The molecule has 0 heterocycles. The van der Waals surface area contributed by atoms with Gasteiger partial charge in [-0.3, -0.25) is 0 Å². The monoisotopic (exact) mass is 246 g/mol. The fourth-order valence-corrected chi connectivity index (χ4v) is 2.14. The van der Waals surface area contributed by atoms with Gasteiger partial charge in [-0.25, -0.2) is 4.79 Å². The maximum absolute atomic E-state index is 11.2. The summed E-state index contributed by atoms with van der Waals surface area (Å²) in [6.45, 7) is 8.73. The van der Waals surface area contributed by atoms with Gasteiger partial charge in [0.25, 0.3) is 0 Å². The molecule has 0 saturated carbocycles. The van der Waals surface area contributed by atoms with Crippen molar-refractivity contribution in [2.75, 3.05) is 7.11 Å². The van der Waals surface area contributed by atoms with Crippen LogP contribution < -0.4 is 0 Å². The second-order valence-corrected chi connectivity index (χ2v) is 5.02. The smallest absolute Gasteiger partial charge is 0.330 e. The number of methoxy groups -OCH3 is 1. The second kappa shape index (κ2) is 6.39. The Labute approximate surface area is 110 Å². The number of rotatable bonds is 4. The zero-order chi connectivity index (χ0) is 13.7. The Morgan fingerprint density at radius 1 is 1.17 bits per heavy atom. The lowest BCUT2D eigenvalue weighted by atomic mass is 9.87. The van der Waals surface area contributed by atoms with Crippen molar-refractivity contribution in [1.29, 1.82) is 0 Å². The maximum Gasteiger partial charge on any atom is 0.330 e. The third-order valence-corrected chi connectivity index (χ3v) is 2.97. The Morgan fingerprint density at radius 2 is 1.83 bits per heavy atom. The molecule has 0 atom stereocenters. The molecule has 0 radical (unpaired) electrons. The molecule has 18 heavy (non-hydrogen) atoms. The van der Waals surface area contributed by atoms with Crippen LogP contribution in [0.4, 0.5) is 0 Å². The number of hydrogen-bond donors (Lipinski definition) is 0. The first kappa shape index (κ1) is 14.5. The molecule has 0 aromatic heterocycles. The molecule has 0 unspecified atom stereocenters. The van der Waals surface area contributed by atoms with E-state index in [0.29, 0.717) is 11.8 Å². The molecule has 98 valence electrons. The molecule has 0 spiro atoms. The molecule has 0 aliphatic carbocycles. The number of esters is 1. The van der Waals surface area contributed by atoms with E-state index >= 15 is 0 Å². The average molecular weight is 246 g/mol. The van der Waals surface area contributed by atoms with E-state index < -0.39 is 0 Å². The van der Waals surface area contributed by atoms with Gasteiger partial charge in [0.05, 0.1) is 7.11 Å². The van der Waals surface area contributed by atoms with E-state index in [-0.39, 0.29) is 5.97 Å². The zero-order valence-electron chi connectivity index (χ0n) is 11.9. The molecule has 0 fully saturated rings. The van der Waals surface area contributed by atoms with Gasteiger partial charge < -0.3 is 4.74 Å². The molecule has 0 bridgehead atoms. The summed E-state index contributed by atoms with van der Waals surface area (Å²) < 4.78 is 4.62. The summed E-state index contributed by atoms with van der Waals surface area (Å²) in [4.78, 5) is 11.2. The summed E-state index contributed by atoms with van der Waals surface area (Å²) in [6, 6.07) is 6.24. The van der Waals surface area contributed by atoms with Gasteiger partial charge in [0.15, 0.2) is 0 Å². The Morgan fingerprint density at radius 3 is 2.33 bits per heavy atom. The van der Waals surface area contributed by atoms with Crippen LogP contribution in [0.2, 0.25) is 0 Å². The topological polar surface area (TPSA) is 26.3 Å². The minimum absolute atomic E-state index is 0.320. The second-order valence-electron chi connectivity index (χ2n) is 5.02. The number of benzene rings is 1. The van der Waals surface area contributed by atoms with Crippen LogP contribution in [0.5, 0.6) is 0 Å². The standard InChI is InChI=1S/C16H22O2/c1-11(2)14-8-6-7-13(16(14)12(3)4)9-10-15(17)18-5/h6-12H,1-5H3. The van der Waals surface area contributed by atoms with Crippen molar-refractivity contribution in [2.45, 2.75) is 39.5 Å². The lowest BCUT2D eigenvalue weighted by Crippen LogP contribution is -2.02. The molecule has 0 N–H and O–H groups in total. The SMILES string of the molecule is COC(=O)C=Cc1cccc(C(C)C)c1C(C)C. The molecule has 0 aliphatic rings. The van der Waals surface area contributed by atoms with Gasteiger partial charge in [0, 0.05) is 6.08 Å². The first-order valence-corrected chi connectivity index (χ1v) is 6.36. The van der Waals surface area contributed by atoms with Gasteiger partial charge in [-0.1, -0.05) is 45.9 Å². The average Bonchev–Trinajstić information content (AvgIpc) is 2.34. The zero-order valence-corrected chi connectivity index (χ0v) is 11.9. The van der Waals surface area contributed by atoms with Crippen molar-refractivity contribution in [3.05, 3.63) is 41.0 Å². The van der Waals surface area contributed by atoms with E-state index in [4.69, 9.17) is 0 Å². The highest BCUT2D eigenvalue weighted by Gasteiger charge is 2.12. The summed E-state index contributed by atoms with van der Waals surface area (Å²) in [5.74, 6) is 0.592. The Balaban J connectivity index is 3.23. The molecule has 1 aromatic rings. The van der Waals surface area contributed by atoms with E-state index in [2.05, 4.69) is 38.5 Å². The molecular weight excluding hydrogens is 224 g/mol. The lowest BCUT2D eigenvalue weighted by molar-refractivity contribution is -0.134. The van der Waals surface area contributed by atoms with Crippen molar-refractivity contribution in [1.82, 2.24) is 0 Å². The van der Waals surface area contributed by atoms with Gasteiger partial charge in [-0.05, 0) is 34.6 Å². The van der Waals surface area contributed by atoms with Crippen molar-refractivity contribution >= 4 is 12.0 Å². The molecule has 2 nitrogen and oxygen atoms in total. The van der Waals surface area contributed by atoms with E-state index in [1.165, 1.54) is 24.3 Å². The fourth-order valence-electron chi connectivity index (χ4n) is 2.14. The Bertz CT molecular complexity index is 442. The predicted octanol–water partition coefficient (Wildman–Crippen LogP) is 4.12. The molecule has 1 aromatic carbocycles. The maximum atomic E-state index is 11.2. The highest BCUT2D eigenvalue weighted by Crippen LogP contribution is 2.29. The largest absolute Gasteiger partial charge is 0.466 e. The van der Waals surface area contributed by atoms with E-state index in [1.54, 1.807) is 0 Å². The molecule has 0 amide bonds. The van der Waals surface area contributed by atoms with Crippen LogP contribution in [-0.4, -0.2) is 13.1 Å². The van der Waals surface area contributed by atoms with Crippen molar-refractivity contribution in [3.63, 3.8) is 0 Å². The summed E-state index contributed by atoms with van der Waals surface area (Å²) in [6.07, 6.45) is 3.32. The number of hydrogen-bond acceptors (Lipinski definition) is 2. The van der Waals surface area contributed by atoms with Crippen LogP contribution >= 0.6 is 0 Å². The summed E-state index contributed by atoms with van der Waals surface area (Å²) in [5.41, 5.74) is 3.76. The Hall–Kier alpha value is -1.57. The summed E-state index contributed by atoms with van der Waals surface area (Å²) in [7, 11) is 1.39. The van der Waals surface area contributed by atoms with Crippen LogP contribution in [-0.2, 0) is 9.53 Å². The van der Waals surface area contributed by atoms with Gasteiger partial charge in [-0.2, -0.15) is 0 Å². The van der Waals surface area contributed by atoms with Crippen molar-refractivity contribution in [3.8, 4) is 0 Å². The molecule has 2 heteroatoms.